The molecule has 6 nitrogen and oxygen atoms in total. The van der Waals surface area contributed by atoms with Crippen LogP contribution in [0.15, 0.2) is 0 Å². The minimum atomic E-state index is -0.813. The van der Waals surface area contributed by atoms with Gasteiger partial charge in [-0.1, -0.05) is 20.3 Å². The standard InChI is InChI=1S/C13H25N3O3/c1-3-5-11(4-2)14-13(19)16-8-6-15(7-9-16)10-12(17)18/h11H,3-10H2,1-2H3,(H,14,19)(H,17,18). The summed E-state index contributed by atoms with van der Waals surface area (Å²) < 4.78 is 0. The minimum Gasteiger partial charge on any atom is -0.480 e. The molecule has 1 rings (SSSR count). The van der Waals surface area contributed by atoms with Gasteiger partial charge in [0.1, 0.15) is 0 Å². The van der Waals surface area contributed by atoms with E-state index in [1.54, 1.807) is 4.90 Å². The molecule has 1 aliphatic rings. The van der Waals surface area contributed by atoms with Crippen molar-refractivity contribution in [3.63, 3.8) is 0 Å². The van der Waals surface area contributed by atoms with E-state index >= 15 is 0 Å². The second-order valence-corrected chi connectivity index (χ2v) is 5.00. The van der Waals surface area contributed by atoms with E-state index in [1.165, 1.54) is 0 Å². The highest BCUT2D eigenvalue weighted by molar-refractivity contribution is 5.74. The maximum absolute atomic E-state index is 12.1. The molecule has 2 N–H and O–H groups in total. The topological polar surface area (TPSA) is 72.9 Å². The summed E-state index contributed by atoms with van der Waals surface area (Å²) in [6.45, 7) is 6.70. The van der Waals surface area contributed by atoms with Gasteiger partial charge in [0.05, 0.1) is 6.54 Å². The van der Waals surface area contributed by atoms with Gasteiger partial charge < -0.3 is 15.3 Å². The summed E-state index contributed by atoms with van der Waals surface area (Å²) >= 11 is 0. The second-order valence-electron chi connectivity index (χ2n) is 5.00. The van der Waals surface area contributed by atoms with Crippen molar-refractivity contribution < 1.29 is 14.7 Å². The average Bonchev–Trinajstić information content (AvgIpc) is 2.38. The lowest BCUT2D eigenvalue weighted by Gasteiger charge is -2.34. The molecule has 110 valence electrons. The van der Waals surface area contributed by atoms with Gasteiger partial charge in [-0.15, -0.1) is 0 Å². The lowest BCUT2D eigenvalue weighted by atomic mass is 10.1. The molecule has 1 heterocycles. The number of rotatable bonds is 6. The quantitative estimate of drug-likeness (QED) is 0.755. The van der Waals surface area contributed by atoms with Crippen LogP contribution in [0, 0.1) is 0 Å². The molecule has 0 saturated carbocycles. The summed E-state index contributed by atoms with van der Waals surface area (Å²) in [5, 5.41) is 11.8. The lowest BCUT2D eigenvalue weighted by molar-refractivity contribution is -0.138. The molecule has 0 aromatic rings. The Morgan fingerprint density at radius 2 is 1.84 bits per heavy atom. The number of carboxylic acids is 1. The molecule has 1 unspecified atom stereocenters. The average molecular weight is 271 g/mol. The summed E-state index contributed by atoms with van der Waals surface area (Å²) in [4.78, 5) is 26.3. The van der Waals surface area contributed by atoms with E-state index in [4.69, 9.17) is 5.11 Å². The minimum absolute atomic E-state index is 0.0183. The normalized spacial score (nSPS) is 18.1. The van der Waals surface area contributed by atoms with Crippen LogP contribution in [0.2, 0.25) is 0 Å². The maximum Gasteiger partial charge on any atom is 0.317 e. The van der Waals surface area contributed by atoms with Gasteiger partial charge >= 0.3 is 12.0 Å². The highest BCUT2D eigenvalue weighted by Crippen LogP contribution is 2.05. The zero-order valence-corrected chi connectivity index (χ0v) is 11.9. The van der Waals surface area contributed by atoms with Crippen molar-refractivity contribution in [2.45, 2.75) is 39.2 Å². The van der Waals surface area contributed by atoms with Crippen LogP contribution in [-0.2, 0) is 4.79 Å². The van der Waals surface area contributed by atoms with Crippen LogP contribution in [0.1, 0.15) is 33.1 Å². The fourth-order valence-corrected chi connectivity index (χ4v) is 2.29. The highest BCUT2D eigenvalue weighted by Gasteiger charge is 2.23. The molecular weight excluding hydrogens is 246 g/mol. The van der Waals surface area contributed by atoms with Crippen LogP contribution in [0.25, 0.3) is 0 Å². The number of piperazine rings is 1. The first-order valence-electron chi connectivity index (χ1n) is 7.06. The third kappa shape index (κ3) is 5.46. The first kappa shape index (κ1) is 15.8. The number of carbonyl (C=O) groups excluding carboxylic acids is 1. The molecular formula is C13H25N3O3. The van der Waals surface area contributed by atoms with E-state index in [2.05, 4.69) is 19.2 Å². The SMILES string of the molecule is CCCC(CC)NC(=O)N1CCN(CC(=O)O)CC1. The predicted molar refractivity (Wildman–Crippen MR) is 73.2 cm³/mol. The summed E-state index contributed by atoms with van der Waals surface area (Å²) in [7, 11) is 0. The molecule has 0 aromatic heterocycles. The third-order valence-electron chi connectivity index (χ3n) is 3.48. The van der Waals surface area contributed by atoms with Gasteiger partial charge in [-0.3, -0.25) is 9.69 Å². The van der Waals surface area contributed by atoms with Crippen molar-refractivity contribution >= 4 is 12.0 Å². The van der Waals surface area contributed by atoms with Gasteiger partial charge in [-0.05, 0) is 12.8 Å². The predicted octanol–water partition coefficient (Wildman–Crippen LogP) is 0.977. The van der Waals surface area contributed by atoms with Crippen molar-refractivity contribution in [1.29, 1.82) is 0 Å². The van der Waals surface area contributed by atoms with Crippen molar-refractivity contribution in [1.82, 2.24) is 15.1 Å². The largest absolute Gasteiger partial charge is 0.480 e. The fraction of sp³-hybridized carbons (Fsp3) is 0.846. The molecule has 0 aliphatic carbocycles. The van der Waals surface area contributed by atoms with Crippen molar-refractivity contribution in [2.24, 2.45) is 0 Å². The Hall–Kier alpha value is -1.30. The number of urea groups is 1. The Labute approximate surface area is 114 Å². The molecule has 0 radical (unpaired) electrons. The smallest absolute Gasteiger partial charge is 0.317 e. The molecule has 0 bridgehead atoms. The summed E-state index contributed by atoms with van der Waals surface area (Å²) in [5.41, 5.74) is 0. The number of amides is 2. The summed E-state index contributed by atoms with van der Waals surface area (Å²) in [6, 6.07) is 0.227. The number of nitrogens with zero attached hydrogens (tertiary/aromatic N) is 2. The number of aliphatic carboxylic acids is 1. The number of hydrogen-bond acceptors (Lipinski definition) is 3. The Kier molecular flexibility index (Phi) is 6.62. The fourth-order valence-electron chi connectivity index (χ4n) is 2.29. The van der Waals surface area contributed by atoms with Gasteiger partial charge in [-0.25, -0.2) is 4.79 Å². The van der Waals surface area contributed by atoms with Crippen LogP contribution < -0.4 is 5.32 Å². The number of carbonyl (C=O) groups is 2. The van der Waals surface area contributed by atoms with Crippen molar-refractivity contribution in [2.75, 3.05) is 32.7 Å². The van der Waals surface area contributed by atoms with E-state index in [9.17, 15) is 9.59 Å². The van der Waals surface area contributed by atoms with Crippen molar-refractivity contribution in [3.05, 3.63) is 0 Å². The van der Waals surface area contributed by atoms with E-state index < -0.39 is 5.97 Å². The van der Waals surface area contributed by atoms with Gasteiger partial charge in [0.15, 0.2) is 0 Å². The van der Waals surface area contributed by atoms with Crippen LogP contribution in [0.4, 0.5) is 4.79 Å². The molecule has 2 amide bonds. The van der Waals surface area contributed by atoms with E-state index in [1.807, 2.05) is 4.90 Å². The Balaban J connectivity index is 2.33. The molecule has 1 saturated heterocycles. The van der Waals surface area contributed by atoms with Gasteiger partial charge in [0, 0.05) is 32.2 Å². The van der Waals surface area contributed by atoms with E-state index in [-0.39, 0.29) is 18.6 Å². The number of nitrogens with one attached hydrogen (secondary N) is 1. The molecule has 1 atom stereocenters. The van der Waals surface area contributed by atoms with Gasteiger partial charge in [-0.2, -0.15) is 0 Å². The summed E-state index contributed by atoms with van der Waals surface area (Å²) in [5.74, 6) is -0.813. The van der Waals surface area contributed by atoms with Crippen LogP contribution in [-0.4, -0.2) is 65.7 Å². The Morgan fingerprint density at radius 1 is 1.21 bits per heavy atom. The molecule has 6 heteroatoms. The molecule has 19 heavy (non-hydrogen) atoms. The Morgan fingerprint density at radius 3 is 2.32 bits per heavy atom. The molecule has 1 aliphatic heterocycles. The zero-order valence-electron chi connectivity index (χ0n) is 11.9. The maximum atomic E-state index is 12.1. The van der Waals surface area contributed by atoms with Gasteiger partial charge in [0.2, 0.25) is 0 Å². The first-order valence-corrected chi connectivity index (χ1v) is 7.06. The monoisotopic (exact) mass is 271 g/mol. The molecule has 0 spiro atoms. The third-order valence-corrected chi connectivity index (χ3v) is 3.48. The summed E-state index contributed by atoms with van der Waals surface area (Å²) in [6.07, 6.45) is 3.00. The van der Waals surface area contributed by atoms with Crippen molar-refractivity contribution in [3.8, 4) is 0 Å². The van der Waals surface area contributed by atoms with Crippen LogP contribution in [0.3, 0.4) is 0 Å². The van der Waals surface area contributed by atoms with E-state index in [0.717, 1.165) is 19.3 Å². The van der Waals surface area contributed by atoms with Crippen LogP contribution >= 0.6 is 0 Å². The number of carboxylic acid groups (broad SMARTS) is 1. The molecule has 1 fully saturated rings. The second kappa shape index (κ2) is 7.99. The Bertz CT molecular complexity index is 302. The van der Waals surface area contributed by atoms with Crippen LogP contribution in [0.5, 0.6) is 0 Å². The first-order chi connectivity index (χ1) is 9.06. The lowest BCUT2D eigenvalue weighted by Crippen LogP contribution is -2.54. The van der Waals surface area contributed by atoms with Gasteiger partial charge in [0.25, 0.3) is 0 Å². The molecule has 0 aromatic carbocycles. The number of hydrogen-bond donors (Lipinski definition) is 2. The zero-order chi connectivity index (χ0) is 14.3. The van der Waals surface area contributed by atoms with E-state index in [0.29, 0.717) is 26.2 Å². The highest BCUT2D eigenvalue weighted by atomic mass is 16.4.